The third kappa shape index (κ3) is 5.10. The van der Waals surface area contributed by atoms with E-state index >= 15 is 0 Å². The zero-order valence-corrected chi connectivity index (χ0v) is 11.1. The first-order valence-electron chi connectivity index (χ1n) is 4.71. The Morgan fingerprint density at radius 1 is 1.11 bits per heavy atom. The van der Waals surface area contributed by atoms with Gasteiger partial charge in [0.2, 0.25) is 0 Å². The van der Waals surface area contributed by atoms with Gasteiger partial charge in [0.1, 0.15) is 12.4 Å². The Hall–Kier alpha value is -0.360. The molecule has 0 atom stereocenters. The summed E-state index contributed by atoms with van der Waals surface area (Å²) in [6, 6.07) is 2.94. The van der Waals surface area contributed by atoms with Crippen LogP contribution in [0.2, 0.25) is 10.0 Å². The molecule has 18 heavy (non-hydrogen) atoms. The number of rotatable bonds is 5. The quantitative estimate of drug-likeness (QED) is 0.580. The molecule has 0 radical (unpaired) electrons. The standard InChI is InChI=1S/C10H8Cl3F3O2/c11-5-6-3-7(12)4-8(13)9(6)17-1-2-18-10(14,15)16/h3-4H,1-2,5H2. The smallest absolute Gasteiger partial charge is 0.489 e. The lowest BCUT2D eigenvalue weighted by atomic mass is 10.2. The molecule has 102 valence electrons. The van der Waals surface area contributed by atoms with Gasteiger partial charge in [0.25, 0.3) is 0 Å². The zero-order valence-electron chi connectivity index (χ0n) is 8.86. The lowest BCUT2D eigenvalue weighted by molar-refractivity contribution is -0.325. The van der Waals surface area contributed by atoms with Crippen molar-refractivity contribution in [1.29, 1.82) is 0 Å². The van der Waals surface area contributed by atoms with Gasteiger partial charge in [-0.15, -0.1) is 24.8 Å². The molecule has 0 fully saturated rings. The minimum atomic E-state index is -4.68. The van der Waals surface area contributed by atoms with Crippen molar-refractivity contribution in [3.8, 4) is 5.75 Å². The van der Waals surface area contributed by atoms with Crippen LogP contribution >= 0.6 is 34.8 Å². The Labute approximate surface area is 117 Å². The van der Waals surface area contributed by atoms with Gasteiger partial charge in [-0.1, -0.05) is 23.2 Å². The largest absolute Gasteiger partial charge is 0.522 e. The Morgan fingerprint density at radius 3 is 2.33 bits per heavy atom. The second-order valence-electron chi connectivity index (χ2n) is 3.15. The van der Waals surface area contributed by atoms with Crippen LogP contribution < -0.4 is 4.74 Å². The van der Waals surface area contributed by atoms with Crippen molar-refractivity contribution in [3.05, 3.63) is 27.7 Å². The highest BCUT2D eigenvalue weighted by atomic mass is 35.5. The fraction of sp³-hybridized carbons (Fsp3) is 0.400. The maximum absolute atomic E-state index is 11.7. The molecule has 0 aliphatic heterocycles. The maximum Gasteiger partial charge on any atom is 0.522 e. The minimum Gasteiger partial charge on any atom is -0.489 e. The number of benzene rings is 1. The van der Waals surface area contributed by atoms with E-state index in [1.807, 2.05) is 0 Å². The summed E-state index contributed by atoms with van der Waals surface area (Å²) in [4.78, 5) is 0. The van der Waals surface area contributed by atoms with Crippen LogP contribution in [0.3, 0.4) is 0 Å². The highest BCUT2D eigenvalue weighted by Crippen LogP contribution is 2.33. The zero-order chi connectivity index (χ0) is 13.8. The summed E-state index contributed by atoms with van der Waals surface area (Å²) in [5, 5.41) is 0.555. The fourth-order valence-electron chi connectivity index (χ4n) is 1.18. The van der Waals surface area contributed by atoms with Gasteiger partial charge in [-0.3, -0.25) is 4.74 Å². The van der Waals surface area contributed by atoms with Crippen molar-refractivity contribution in [3.63, 3.8) is 0 Å². The number of alkyl halides is 4. The van der Waals surface area contributed by atoms with E-state index in [1.165, 1.54) is 12.1 Å². The molecule has 2 nitrogen and oxygen atoms in total. The molecule has 1 aromatic rings. The maximum atomic E-state index is 11.7. The summed E-state index contributed by atoms with van der Waals surface area (Å²) in [6.45, 7) is -0.936. The van der Waals surface area contributed by atoms with Crippen LogP contribution in [0.15, 0.2) is 12.1 Å². The molecule has 0 aliphatic carbocycles. The van der Waals surface area contributed by atoms with Gasteiger partial charge in [0, 0.05) is 10.6 Å². The Bertz CT molecular complexity index is 410. The monoisotopic (exact) mass is 322 g/mol. The minimum absolute atomic E-state index is 0.0791. The van der Waals surface area contributed by atoms with Gasteiger partial charge in [-0.05, 0) is 12.1 Å². The highest BCUT2D eigenvalue weighted by molar-refractivity contribution is 6.35. The molecule has 0 spiro atoms. The first-order chi connectivity index (χ1) is 8.33. The molecule has 0 saturated heterocycles. The van der Waals surface area contributed by atoms with E-state index in [1.54, 1.807) is 0 Å². The predicted molar refractivity (Wildman–Crippen MR) is 63.5 cm³/mol. The van der Waals surface area contributed by atoms with Crippen molar-refractivity contribution in [2.45, 2.75) is 12.2 Å². The topological polar surface area (TPSA) is 18.5 Å². The normalized spacial score (nSPS) is 11.7. The molecule has 0 N–H and O–H groups in total. The van der Waals surface area contributed by atoms with E-state index < -0.39 is 13.0 Å². The average Bonchev–Trinajstić information content (AvgIpc) is 2.24. The number of halogens is 6. The molecule has 0 aliphatic rings. The Balaban J connectivity index is 2.62. The Kier molecular flexibility index (Phi) is 5.85. The van der Waals surface area contributed by atoms with E-state index in [4.69, 9.17) is 39.5 Å². The second kappa shape index (κ2) is 6.70. The van der Waals surface area contributed by atoms with Crippen LogP contribution in [0.5, 0.6) is 5.75 Å². The molecular formula is C10H8Cl3F3O2. The van der Waals surface area contributed by atoms with Gasteiger partial charge >= 0.3 is 6.36 Å². The molecule has 0 amide bonds. The second-order valence-corrected chi connectivity index (χ2v) is 4.26. The lowest BCUT2D eigenvalue weighted by Crippen LogP contribution is -2.18. The summed E-state index contributed by atoms with van der Waals surface area (Å²) in [5.74, 6) is 0.289. The van der Waals surface area contributed by atoms with E-state index in [2.05, 4.69) is 4.74 Å². The molecule has 1 aromatic carbocycles. The van der Waals surface area contributed by atoms with Gasteiger partial charge in [-0.25, -0.2) is 0 Å². The summed E-state index contributed by atoms with van der Waals surface area (Å²) in [6.07, 6.45) is -4.68. The highest BCUT2D eigenvalue weighted by Gasteiger charge is 2.28. The van der Waals surface area contributed by atoms with Crippen LogP contribution in [0.4, 0.5) is 13.2 Å². The molecule has 0 saturated carbocycles. The SMILES string of the molecule is FC(F)(F)OCCOc1c(Cl)cc(Cl)cc1CCl. The van der Waals surface area contributed by atoms with Crippen LogP contribution in [0.25, 0.3) is 0 Å². The van der Waals surface area contributed by atoms with Crippen molar-refractivity contribution in [2.75, 3.05) is 13.2 Å². The van der Waals surface area contributed by atoms with E-state index in [9.17, 15) is 13.2 Å². The first-order valence-corrected chi connectivity index (χ1v) is 6.00. The summed E-state index contributed by atoms with van der Waals surface area (Å²) in [5.41, 5.74) is 0.501. The van der Waals surface area contributed by atoms with Crippen molar-refractivity contribution in [2.24, 2.45) is 0 Å². The van der Waals surface area contributed by atoms with Crippen LogP contribution in [-0.4, -0.2) is 19.6 Å². The molecule has 0 aromatic heterocycles. The number of hydrogen-bond donors (Lipinski definition) is 0. The molecule has 0 bridgehead atoms. The summed E-state index contributed by atoms with van der Waals surface area (Å²) in [7, 11) is 0. The molecule has 0 unspecified atom stereocenters. The lowest BCUT2D eigenvalue weighted by Gasteiger charge is -2.13. The third-order valence-electron chi connectivity index (χ3n) is 1.82. The van der Waals surface area contributed by atoms with Crippen LogP contribution in [0.1, 0.15) is 5.56 Å². The fourth-order valence-corrected chi connectivity index (χ4v) is 1.96. The predicted octanol–water partition coefficient (Wildman–Crippen LogP) is 4.65. The molecule has 1 rings (SSSR count). The number of hydrogen-bond acceptors (Lipinski definition) is 2. The summed E-state index contributed by atoms with van der Waals surface area (Å²) >= 11 is 17.3. The van der Waals surface area contributed by atoms with Crippen molar-refractivity contribution >= 4 is 34.8 Å². The van der Waals surface area contributed by atoms with Crippen LogP contribution in [0, 0.1) is 0 Å². The van der Waals surface area contributed by atoms with Crippen molar-refractivity contribution in [1.82, 2.24) is 0 Å². The Morgan fingerprint density at radius 2 is 1.78 bits per heavy atom. The molecule has 0 heterocycles. The average molecular weight is 324 g/mol. The van der Waals surface area contributed by atoms with Crippen molar-refractivity contribution < 1.29 is 22.6 Å². The van der Waals surface area contributed by atoms with E-state index in [0.29, 0.717) is 10.6 Å². The van der Waals surface area contributed by atoms with Gasteiger partial charge < -0.3 is 4.74 Å². The van der Waals surface area contributed by atoms with Crippen LogP contribution in [-0.2, 0) is 10.6 Å². The first kappa shape index (κ1) is 15.7. The van der Waals surface area contributed by atoms with E-state index in [-0.39, 0.29) is 23.3 Å². The summed E-state index contributed by atoms with van der Waals surface area (Å²) < 4.78 is 43.8. The molecular weight excluding hydrogens is 315 g/mol. The van der Waals surface area contributed by atoms with E-state index in [0.717, 1.165) is 0 Å². The third-order valence-corrected chi connectivity index (χ3v) is 2.61. The number of ether oxygens (including phenoxy) is 2. The van der Waals surface area contributed by atoms with Gasteiger partial charge in [-0.2, -0.15) is 0 Å². The van der Waals surface area contributed by atoms with Gasteiger partial charge in [0.05, 0.1) is 17.5 Å². The molecule has 8 heteroatoms. The van der Waals surface area contributed by atoms with Gasteiger partial charge in [0.15, 0.2) is 0 Å².